The summed E-state index contributed by atoms with van der Waals surface area (Å²) in [6.45, 7) is 3.89. The fraction of sp³-hybridized carbons (Fsp3) is 0.618. The van der Waals surface area contributed by atoms with E-state index in [2.05, 4.69) is 25.8 Å². The second kappa shape index (κ2) is 12.9. The van der Waals surface area contributed by atoms with Gasteiger partial charge in [0.25, 0.3) is 5.91 Å². The smallest absolute Gasteiger partial charge is 0.259 e. The lowest BCUT2D eigenvalue weighted by Crippen LogP contribution is -2.59. The van der Waals surface area contributed by atoms with Crippen molar-refractivity contribution in [3.63, 3.8) is 0 Å². The number of amides is 4. The van der Waals surface area contributed by atoms with Gasteiger partial charge in [0.2, 0.25) is 33.6 Å². The monoisotopic (exact) mass is 711 g/mol. The molecule has 16 heteroatoms. The van der Waals surface area contributed by atoms with Gasteiger partial charge in [0.05, 0.1) is 17.9 Å². The quantitative estimate of drug-likeness (QED) is 0.261. The van der Waals surface area contributed by atoms with E-state index in [-0.39, 0.29) is 37.1 Å². The summed E-state index contributed by atoms with van der Waals surface area (Å²) in [5.41, 5.74) is 1.54. The lowest BCUT2D eigenvalue weighted by molar-refractivity contribution is -0.143. The first-order valence-electron chi connectivity index (χ1n) is 17.4. The first kappa shape index (κ1) is 34.3. The Balaban J connectivity index is 1.18. The zero-order chi connectivity index (χ0) is 35.4. The first-order chi connectivity index (χ1) is 23.8. The Bertz CT molecular complexity index is 1730. The van der Waals surface area contributed by atoms with Gasteiger partial charge in [-0.05, 0) is 76.4 Å². The van der Waals surface area contributed by atoms with Crippen molar-refractivity contribution < 1.29 is 37.1 Å². The molecule has 15 nitrogen and oxygen atoms in total. The topological polar surface area (TPSA) is 188 Å². The SMILES string of the molecule is CCOc1cc(OC2CC3C(=O)NC4(C(=O)NS(=O)(=O)C5(C)CC5)CC4C=CCCC4CC4C(NC(=O)C4C=CN(C)N4)C(=O)N3C2)ccn1. The summed E-state index contributed by atoms with van der Waals surface area (Å²) in [6, 6.07) is 0.714. The van der Waals surface area contributed by atoms with E-state index >= 15 is 0 Å². The van der Waals surface area contributed by atoms with Crippen LogP contribution < -0.4 is 30.3 Å². The number of nitrogens with zero attached hydrogens (tertiary/aromatic N) is 3. The number of carbonyl (C=O) groups excluding carboxylic acids is 4. The molecule has 1 aromatic heterocycles. The minimum atomic E-state index is -3.96. The normalized spacial score (nSPS) is 34.0. The predicted molar refractivity (Wildman–Crippen MR) is 179 cm³/mol. The molecule has 6 aliphatic rings. The van der Waals surface area contributed by atoms with Gasteiger partial charge in [-0.15, -0.1) is 0 Å². The van der Waals surface area contributed by atoms with Crippen LogP contribution in [0.25, 0.3) is 0 Å². The highest BCUT2D eigenvalue weighted by molar-refractivity contribution is 7.91. The zero-order valence-corrected chi connectivity index (χ0v) is 29.3. The average molecular weight is 712 g/mol. The van der Waals surface area contributed by atoms with Crippen LogP contribution in [0.1, 0.15) is 58.8 Å². The molecule has 7 rings (SSSR count). The van der Waals surface area contributed by atoms with Gasteiger partial charge in [0.1, 0.15) is 35.5 Å². The molecular formula is C34H45N7O8S. The fourth-order valence-electron chi connectivity index (χ4n) is 7.35. The molecular weight excluding hydrogens is 666 g/mol. The maximum Gasteiger partial charge on any atom is 0.259 e. The number of rotatable bonds is 9. The molecule has 4 fully saturated rings. The molecule has 0 bridgehead atoms. The summed E-state index contributed by atoms with van der Waals surface area (Å²) in [5, 5.41) is 7.54. The molecule has 8 unspecified atom stereocenters. The third-order valence-corrected chi connectivity index (χ3v) is 13.1. The summed E-state index contributed by atoms with van der Waals surface area (Å²) in [5.74, 6) is -1.64. The van der Waals surface area contributed by atoms with Crippen LogP contribution in [0.4, 0.5) is 0 Å². The number of allylic oxidation sites excluding steroid dienone is 1. The van der Waals surface area contributed by atoms with Crippen molar-refractivity contribution in [1.82, 2.24) is 35.7 Å². The molecule has 4 heterocycles. The van der Waals surface area contributed by atoms with Gasteiger partial charge in [0.15, 0.2) is 0 Å². The number of sulfonamides is 1. The number of hydrogen-bond donors (Lipinski definition) is 4. The summed E-state index contributed by atoms with van der Waals surface area (Å²) in [6.07, 6.45) is 11.6. The second-order valence-electron chi connectivity index (χ2n) is 14.6. The number of fused-ring (bicyclic) bond motifs is 3. The zero-order valence-electron chi connectivity index (χ0n) is 28.5. The highest BCUT2D eigenvalue weighted by atomic mass is 32.2. The molecule has 3 aliphatic heterocycles. The van der Waals surface area contributed by atoms with E-state index < -0.39 is 68.2 Å². The summed E-state index contributed by atoms with van der Waals surface area (Å²) < 4.78 is 39.2. The van der Waals surface area contributed by atoms with Gasteiger partial charge >= 0.3 is 0 Å². The van der Waals surface area contributed by atoms with Gasteiger partial charge in [-0.3, -0.25) is 23.9 Å². The van der Waals surface area contributed by atoms with E-state index in [9.17, 15) is 27.6 Å². The van der Waals surface area contributed by atoms with Crippen molar-refractivity contribution in [2.45, 2.75) is 93.3 Å². The Morgan fingerprint density at radius 1 is 1.18 bits per heavy atom. The Labute approximate surface area is 291 Å². The van der Waals surface area contributed by atoms with E-state index in [1.807, 2.05) is 19.1 Å². The molecule has 3 saturated carbocycles. The average Bonchev–Trinajstić information content (AvgIpc) is 4.02. The molecule has 4 amide bonds. The van der Waals surface area contributed by atoms with E-state index in [4.69, 9.17) is 9.47 Å². The number of hydrogen-bond acceptors (Lipinski definition) is 11. The van der Waals surface area contributed by atoms with Crippen LogP contribution >= 0.6 is 0 Å². The lowest BCUT2D eigenvalue weighted by Gasteiger charge is -2.30. The van der Waals surface area contributed by atoms with Crippen molar-refractivity contribution in [3.8, 4) is 11.6 Å². The fourth-order valence-corrected chi connectivity index (χ4v) is 8.66. The minimum Gasteiger partial charge on any atom is -0.488 e. The maximum absolute atomic E-state index is 14.6. The van der Waals surface area contributed by atoms with Crippen LogP contribution in [-0.4, -0.2) is 102 Å². The van der Waals surface area contributed by atoms with Gasteiger partial charge in [0, 0.05) is 37.8 Å². The Kier molecular flexibility index (Phi) is 8.81. The van der Waals surface area contributed by atoms with E-state index in [0.717, 1.165) is 12.8 Å². The minimum absolute atomic E-state index is 0.0482. The number of hydrazine groups is 1. The number of carbonyl (C=O) groups is 4. The highest BCUT2D eigenvalue weighted by Gasteiger charge is 2.63. The highest BCUT2D eigenvalue weighted by Crippen LogP contribution is 2.49. The number of ether oxygens (including phenoxy) is 2. The van der Waals surface area contributed by atoms with Gasteiger partial charge < -0.3 is 30.0 Å². The van der Waals surface area contributed by atoms with Crippen molar-refractivity contribution in [3.05, 3.63) is 42.8 Å². The largest absolute Gasteiger partial charge is 0.488 e. The van der Waals surface area contributed by atoms with E-state index in [1.165, 1.54) is 4.90 Å². The molecule has 270 valence electrons. The van der Waals surface area contributed by atoms with Gasteiger partial charge in [-0.1, -0.05) is 12.2 Å². The Morgan fingerprint density at radius 2 is 1.98 bits per heavy atom. The van der Waals surface area contributed by atoms with Crippen LogP contribution in [0.3, 0.4) is 0 Å². The third-order valence-electron chi connectivity index (χ3n) is 10.9. The van der Waals surface area contributed by atoms with Crippen LogP contribution in [0.2, 0.25) is 0 Å². The number of aromatic nitrogens is 1. The van der Waals surface area contributed by atoms with Crippen molar-refractivity contribution in [1.29, 1.82) is 0 Å². The molecule has 1 aromatic rings. The molecule has 1 saturated heterocycles. The van der Waals surface area contributed by atoms with Crippen LogP contribution in [-0.2, 0) is 29.2 Å². The number of pyridine rings is 1. The van der Waals surface area contributed by atoms with Crippen LogP contribution in [0.5, 0.6) is 11.6 Å². The van der Waals surface area contributed by atoms with Crippen LogP contribution in [0.15, 0.2) is 42.8 Å². The maximum atomic E-state index is 14.6. The Hall–Kier alpha value is -4.18. The molecule has 0 spiro atoms. The Morgan fingerprint density at radius 3 is 2.70 bits per heavy atom. The van der Waals surface area contributed by atoms with Crippen molar-refractivity contribution in [2.75, 3.05) is 20.2 Å². The molecule has 0 aromatic carbocycles. The van der Waals surface area contributed by atoms with Gasteiger partial charge in [-0.25, -0.2) is 18.8 Å². The summed E-state index contributed by atoms with van der Waals surface area (Å²) >= 11 is 0. The van der Waals surface area contributed by atoms with Gasteiger partial charge in [-0.2, -0.15) is 0 Å². The standard InChI is InChI=1S/C34H45N7O8S/c1-4-48-27-17-22(9-13-35-27)49-23-16-26-30(43)37-34(32(45)39-50(46,47)33(2)11-12-33)18-21(34)8-6-5-7-20-15-24(20)28(31(44)41(26)19-23)36-29(42)25-10-14-40(3)38-25/h6,8-10,13-14,17,20-21,23-26,28,38H,4-5,7,11-12,15-16,18-19H2,1-3H3,(H,36,42)(H,37,43)(H,39,45). The molecule has 3 aliphatic carbocycles. The summed E-state index contributed by atoms with van der Waals surface area (Å²) in [4.78, 5) is 61.6. The van der Waals surface area contributed by atoms with E-state index in [0.29, 0.717) is 37.5 Å². The van der Waals surface area contributed by atoms with Crippen LogP contribution in [0, 0.1) is 17.8 Å². The van der Waals surface area contributed by atoms with Crippen molar-refractivity contribution >= 4 is 33.7 Å². The molecule has 8 atom stereocenters. The predicted octanol–water partition coefficient (Wildman–Crippen LogP) is 0.505. The second-order valence-corrected chi connectivity index (χ2v) is 16.8. The van der Waals surface area contributed by atoms with Crippen molar-refractivity contribution in [2.24, 2.45) is 17.8 Å². The first-order valence-corrected chi connectivity index (χ1v) is 18.9. The summed E-state index contributed by atoms with van der Waals surface area (Å²) in [7, 11) is -2.19. The molecule has 4 N–H and O–H groups in total. The molecule has 0 radical (unpaired) electrons. The lowest BCUT2D eigenvalue weighted by atomic mass is 10.0. The third kappa shape index (κ3) is 6.66. The number of nitrogens with one attached hydrogen (secondary N) is 4. The molecule has 50 heavy (non-hydrogen) atoms. The van der Waals surface area contributed by atoms with E-state index in [1.54, 1.807) is 49.6 Å².